The van der Waals surface area contributed by atoms with Crippen LogP contribution < -0.4 is 0 Å². The van der Waals surface area contributed by atoms with Crippen LogP contribution in [0.2, 0.25) is 19.1 Å². The SMILES string of the molecule is CC1C2CC(C[Si](C)C)C(C2)C1C. The normalized spacial score (nSPS) is 49.2. The van der Waals surface area contributed by atoms with Crippen LogP contribution >= 0.6 is 0 Å². The summed E-state index contributed by atoms with van der Waals surface area (Å²) in [6.07, 6.45) is 3.15. The molecule has 2 bridgehead atoms. The minimum Gasteiger partial charge on any atom is -0.0713 e. The second-order valence-corrected chi connectivity index (χ2v) is 8.61. The van der Waals surface area contributed by atoms with E-state index in [2.05, 4.69) is 26.9 Å². The minimum absolute atomic E-state index is 0.0201. The van der Waals surface area contributed by atoms with Gasteiger partial charge < -0.3 is 0 Å². The maximum Gasteiger partial charge on any atom is 0.0415 e. The summed E-state index contributed by atoms with van der Waals surface area (Å²) >= 11 is 0. The summed E-state index contributed by atoms with van der Waals surface area (Å²) in [5, 5.41) is 0. The lowest BCUT2D eigenvalue weighted by molar-refractivity contribution is 0.201. The molecule has 2 saturated carbocycles. The van der Waals surface area contributed by atoms with Crippen LogP contribution in [-0.4, -0.2) is 8.80 Å². The second kappa shape index (κ2) is 3.41. The quantitative estimate of drug-likeness (QED) is 0.590. The van der Waals surface area contributed by atoms with Crippen LogP contribution in [0.1, 0.15) is 26.7 Å². The van der Waals surface area contributed by atoms with Gasteiger partial charge in [-0.25, -0.2) is 0 Å². The maximum atomic E-state index is 2.50. The molecular weight excluding hydrogens is 172 g/mol. The van der Waals surface area contributed by atoms with E-state index in [9.17, 15) is 0 Å². The third-order valence-electron chi connectivity index (χ3n) is 4.70. The molecule has 1 heteroatoms. The molecule has 2 fully saturated rings. The maximum absolute atomic E-state index is 2.50. The van der Waals surface area contributed by atoms with Gasteiger partial charge in [-0.15, -0.1) is 0 Å². The van der Waals surface area contributed by atoms with Gasteiger partial charge in [-0.3, -0.25) is 0 Å². The van der Waals surface area contributed by atoms with E-state index >= 15 is 0 Å². The summed E-state index contributed by atoms with van der Waals surface area (Å²) in [5.41, 5.74) is 0. The first-order valence-electron chi connectivity index (χ1n) is 5.88. The van der Waals surface area contributed by atoms with E-state index in [-0.39, 0.29) is 8.80 Å². The van der Waals surface area contributed by atoms with E-state index < -0.39 is 0 Å². The highest BCUT2D eigenvalue weighted by Gasteiger charge is 2.48. The van der Waals surface area contributed by atoms with Crippen molar-refractivity contribution in [3.8, 4) is 0 Å². The highest BCUT2D eigenvalue weighted by Crippen LogP contribution is 2.56. The molecular formula is C12H23Si. The van der Waals surface area contributed by atoms with Gasteiger partial charge >= 0.3 is 0 Å². The summed E-state index contributed by atoms with van der Waals surface area (Å²) < 4.78 is 0. The largest absolute Gasteiger partial charge is 0.0713 e. The van der Waals surface area contributed by atoms with Gasteiger partial charge in [0.05, 0.1) is 0 Å². The monoisotopic (exact) mass is 195 g/mol. The minimum atomic E-state index is 0.0201. The smallest absolute Gasteiger partial charge is 0.0415 e. The number of hydrogen-bond acceptors (Lipinski definition) is 0. The van der Waals surface area contributed by atoms with Crippen molar-refractivity contribution in [3.63, 3.8) is 0 Å². The fourth-order valence-electron chi connectivity index (χ4n) is 3.85. The van der Waals surface area contributed by atoms with Gasteiger partial charge in [0.2, 0.25) is 0 Å². The molecule has 0 N–H and O–H groups in total. The van der Waals surface area contributed by atoms with E-state index in [1.165, 1.54) is 0 Å². The van der Waals surface area contributed by atoms with Crippen molar-refractivity contribution in [2.45, 2.75) is 45.8 Å². The third-order valence-corrected chi connectivity index (χ3v) is 6.05. The summed E-state index contributed by atoms with van der Waals surface area (Å²) in [6.45, 7) is 9.93. The molecule has 0 aromatic rings. The lowest BCUT2D eigenvalue weighted by Gasteiger charge is -2.32. The van der Waals surface area contributed by atoms with Crippen molar-refractivity contribution in [3.05, 3.63) is 0 Å². The van der Waals surface area contributed by atoms with E-state index in [1.54, 1.807) is 18.9 Å². The fraction of sp³-hybridized carbons (Fsp3) is 1.00. The lowest BCUT2D eigenvalue weighted by atomic mass is 9.76. The molecule has 0 saturated heterocycles. The Morgan fingerprint density at radius 1 is 1.08 bits per heavy atom. The van der Waals surface area contributed by atoms with E-state index in [0.717, 1.165) is 29.6 Å². The van der Waals surface area contributed by atoms with Crippen molar-refractivity contribution in [2.24, 2.45) is 29.6 Å². The molecule has 0 spiro atoms. The molecule has 2 aliphatic rings. The third kappa shape index (κ3) is 1.60. The van der Waals surface area contributed by atoms with Crippen molar-refractivity contribution < 1.29 is 0 Å². The van der Waals surface area contributed by atoms with Crippen LogP contribution in [-0.2, 0) is 0 Å². The molecule has 2 rings (SSSR count). The Morgan fingerprint density at radius 2 is 1.77 bits per heavy atom. The highest BCUT2D eigenvalue weighted by atomic mass is 28.3. The Balaban J connectivity index is 1.98. The standard InChI is InChI=1S/C12H23Si/c1-8-9(2)12-6-10(8)5-11(12)7-13(3)4/h8-12H,5-7H2,1-4H3. The summed E-state index contributed by atoms with van der Waals surface area (Å²) in [6, 6.07) is 1.59. The van der Waals surface area contributed by atoms with Gasteiger partial charge in [-0.1, -0.05) is 33.0 Å². The molecule has 0 aromatic carbocycles. The van der Waals surface area contributed by atoms with Crippen molar-refractivity contribution in [1.29, 1.82) is 0 Å². The topological polar surface area (TPSA) is 0 Å². The summed E-state index contributed by atoms with van der Waals surface area (Å²) in [7, 11) is 0.0201. The molecule has 5 atom stereocenters. The Hall–Kier alpha value is 0.217. The molecule has 2 aliphatic carbocycles. The first-order valence-corrected chi connectivity index (χ1v) is 8.59. The molecule has 1 radical (unpaired) electrons. The van der Waals surface area contributed by atoms with E-state index in [1.807, 2.05) is 0 Å². The predicted molar refractivity (Wildman–Crippen MR) is 60.3 cm³/mol. The molecule has 75 valence electrons. The van der Waals surface area contributed by atoms with Gasteiger partial charge in [0.1, 0.15) is 0 Å². The van der Waals surface area contributed by atoms with E-state index in [4.69, 9.17) is 0 Å². The van der Waals surface area contributed by atoms with Crippen LogP contribution in [0, 0.1) is 29.6 Å². The van der Waals surface area contributed by atoms with Gasteiger partial charge in [0.15, 0.2) is 0 Å². The van der Waals surface area contributed by atoms with Crippen molar-refractivity contribution in [2.75, 3.05) is 0 Å². The molecule has 0 aliphatic heterocycles. The fourth-order valence-corrected chi connectivity index (χ4v) is 5.37. The average molecular weight is 195 g/mol. The summed E-state index contributed by atoms with van der Waals surface area (Å²) in [4.78, 5) is 0. The summed E-state index contributed by atoms with van der Waals surface area (Å²) in [5.74, 6) is 5.40. The Morgan fingerprint density at radius 3 is 2.23 bits per heavy atom. The number of hydrogen-bond donors (Lipinski definition) is 0. The molecule has 0 aromatic heterocycles. The van der Waals surface area contributed by atoms with Crippen LogP contribution in [0.25, 0.3) is 0 Å². The lowest BCUT2D eigenvalue weighted by Crippen LogP contribution is -2.26. The van der Waals surface area contributed by atoms with Crippen LogP contribution in [0.3, 0.4) is 0 Å². The molecule has 0 heterocycles. The molecule has 5 unspecified atom stereocenters. The first kappa shape index (κ1) is 9.76. The Bertz CT molecular complexity index is 186. The molecule has 13 heavy (non-hydrogen) atoms. The van der Waals surface area contributed by atoms with E-state index in [0.29, 0.717) is 0 Å². The van der Waals surface area contributed by atoms with Crippen LogP contribution in [0.15, 0.2) is 0 Å². The number of fused-ring (bicyclic) bond motifs is 2. The highest BCUT2D eigenvalue weighted by molar-refractivity contribution is 6.55. The zero-order chi connectivity index (χ0) is 9.59. The van der Waals surface area contributed by atoms with Crippen molar-refractivity contribution in [1.82, 2.24) is 0 Å². The first-order chi connectivity index (χ1) is 6.09. The molecule has 0 nitrogen and oxygen atoms in total. The zero-order valence-electron chi connectivity index (χ0n) is 9.51. The molecule has 0 amide bonds. The number of rotatable bonds is 2. The van der Waals surface area contributed by atoms with Crippen LogP contribution in [0.5, 0.6) is 0 Å². The van der Waals surface area contributed by atoms with Gasteiger partial charge in [0.25, 0.3) is 0 Å². The average Bonchev–Trinajstić information content (AvgIpc) is 2.53. The predicted octanol–water partition coefficient (Wildman–Crippen LogP) is 3.67. The zero-order valence-corrected chi connectivity index (χ0v) is 10.5. The van der Waals surface area contributed by atoms with Crippen LogP contribution in [0.4, 0.5) is 0 Å². The van der Waals surface area contributed by atoms with Gasteiger partial charge in [-0.2, -0.15) is 0 Å². The van der Waals surface area contributed by atoms with Gasteiger partial charge in [-0.05, 0) is 42.4 Å². The van der Waals surface area contributed by atoms with Gasteiger partial charge in [0, 0.05) is 8.80 Å². The second-order valence-electron chi connectivity index (χ2n) is 5.78. The Kier molecular flexibility index (Phi) is 2.56. The Labute approximate surface area is 84.7 Å². The van der Waals surface area contributed by atoms with Crippen molar-refractivity contribution >= 4 is 8.80 Å².